The quantitative estimate of drug-likeness (QED) is 0.752. The van der Waals surface area contributed by atoms with Crippen LogP contribution in [0.25, 0.3) is 10.9 Å². The monoisotopic (exact) mass is 354 g/mol. The van der Waals surface area contributed by atoms with Gasteiger partial charge >= 0.3 is 0 Å². The van der Waals surface area contributed by atoms with Crippen molar-refractivity contribution in [3.8, 4) is 5.75 Å². The van der Waals surface area contributed by atoms with Crippen LogP contribution in [0.15, 0.2) is 30.6 Å². The molecule has 0 radical (unpaired) electrons. The summed E-state index contributed by atoms with van der Waals surface area (Å²) in [4.78, 5) is 16.0. The Morgan fingerprint density at radius 2 is 2.23 bits per heavy atom. The highest BCUT2D eigenvalue weighted by Gasteiger charge is 2.32. The highest BCUT2D eigenvalue weighted by molar-refractivity contribution is 6.01. The van der Waals surface area contributed by atoms with Crippen LogP contribution in [0.3, 0.4) is 0 Å². The van der Waals surface area contributed by atoms with Crippen LogP contribution < -0.4 is 10.1 Å². The number of rotatable bonds is 4. The molecule has 1 aromatic carbocycles. The molecule has 0 spiro atoms. The number of aromatic nitrogens is 3. The molecule has 1 aliphatic rings. The second-order valence-corrected chi connectivity index (χ2v) is 6.80. The number of amides is 1. The third-order valence-corrected chi connectivity index (χ3v) is 4.75. The van der Waals surface area contributed by atoms with Gasteiger partial charge in [0.05, 0.1) is 31.6 Å². The third-order valence-electron chi connectivity index (χ3n) is 4.75. The highest BCUT2D eigenvalue weighted by Crippen LogP contribution is 2.23. The minimum atomic E-state index is -0.241. The van der Waals surface area contributed by atoms with E-state index in [0.717, 1.165) is 16.5 Å². The van der Waals surface area contributed by atoms with Gasteiger partial charge in [-0.2, -0.15) is 5.10 Å². The lowest BCUT2D eigenvalue weighted by atomic mass is 10.1. The molecular formula is C19H22N4O3. The molecule has 7 nitrogen and oxygen atoms in total. The largest absolute Gasteiger partial charge is 0.482 e. The maximum atomic E-state index is 12.8. The Bertz CT molecular complexity index is 959. The standard InChI is InChI=1S/C19H22N4O3/c1-11-4-5-15-14(6-11)12(2)18(21-15)19(24)22-16-9-25-10-17(16)26-13-7-20-23(3)8-13/h4-8,16-17,21H,9-10H2,1-3H3,(H,22,24)/t16-,17+/m0/s1. The summed E-state index contributed by atoms with van der Waals surface area (Å²) < 4.78 is 13.1. The number of nitrogens with one attached hydrogen (secondary N) is 2. The average molecular weight is 354 g/mol. The molecule has 1 amide bonds. The van der Waals surface area contributed by atoms with Crippen LogP contribution in [-0.4, -0.2) is 46.0 Å². The van der Waals surface area contributed by atoms with Gasteiger partial charge in [-0.3, -0.25) is 9.48 Å². The molecule has 2 atom stereocenters. The van der Waals surface area contributed by atoms with E-state index in [9.17, 15) is 4.79 Å². The van der Waals surface area contributed by atoms with Gasteiger partial charge < -0.3 is 19.8 Å². The first-order valence-electron chi connectivity index (χ1n) is 8.64. The van der Waals surface area contributed by atoms with Crippen molar-refractivity contribution >= 4 is 16.8 Å². The lowest BCUT2D eigenvalue weighted by molar-refractivity contribution is 0.0899. The second-order valence-electron chi connectivity index (χ2n) is 6.80. The van der Waals surface area contributed by atoms with Crippen molar-refractivity contribution in [3.63, 3.8) is 0 Å². The molecule has 1 saturated heterocycles. The zero-order chi connectivity index (χ0) is 18.3. The molecular weight excluding hydrogens is 332 g/mol. The number of aryl methyl sites for hydroxylation is 3. The summed E-state index contributed by atoms with van der Waals surface area (Å²) in [5.41, 5.74) is 3.66. The van der Waals surface area contributed by atoms with Gasteiger partial charge in [0, 0.05) is 18.0 Å². The minimum absolute atomic E-state index is 0.147. The van der Waals surface area contributed by atoms with Crippen molar-refractivity contribution in [2.45, 2.75) is 26.0 Å². The van der Waals surface area contributed by atoms with Crippen LogP contribution in [0, 0.1) is 13.8 Å². The van der Waals surface area contributed by atoms with Crippen molar-refractivity contribution < 1.29 is 14.3 Å². The van der Waals surface area contributed by atoms with Gasteiger partial charge in [-0.05, 0) is 31.5 Å². The fraction of sp³-hybridized carbons (Fsp3) is 0.368. The fourth-order valence-corrected chi connectivity index (χ4v) is 3.33. The zero-order valence-corrected chi connectivity index (χ0v) is 15.1. The molecule has 0 saturated carbocycles. The van der Waals surface area contributed by atoms with Crippen LogP contribution in [-0.2, 0) is 11.8 Å². The van der Waals surface area contributed by atoms with Gasteiger partial charge in [-0.1, -0.05) is 11.6 Å². The second kappa shape index (κ2) is 6.49. The number of nitrogens with zero attached hydrogens (tertiary/aromatic N) is 2. The molecule has 0 aliphatic carbocycles. The number of ether oxygens (including phenoxy) is 2. The Morgan fingerprint density at radius 1 is 1.38 bits per heavy atom. The summed E-state index contributed by atoms with van der Waals surface area (Å²) in [5, 5.41) is 8.21. The Labute approximate surface area is 151 Å². The predicted octanol–water partition coefficient (Wildman–Crippen LogP) is 2.09. The zero-order valence-electron chi connectivity index (χ0n) is 15.1. The van der Waals surface area contributed by atoms with Crippen LogP contribution in [0.4, 0.5) is 0 Å². The van der Waals surface area contributed by atoms with Crippen molar-refractivity contribution in [2.75, 3.05) is 13.2 Å². The van der Waals surface area contributed by atoms with Gasteiger partial charge in [-0.15, -0.1) is 0 Å². The summed E-state index contributed by atoms with van der Waals surface area (Å²) in [7, 11) is 1.83. The SMILES string of the molecule is Cc1ccc2[nH]c(C(=O)N[C@H]3COC[C@H]3Oc3cnn(C)c3)c(C)c2c1. The van der Waals surface area contributed by atoms with Crippen molar-refractivity contribution in [1.82, 2.24) is 20.1 Å². The topological polar surface area (TPSA) is 81.2 Å². The summed E-state index contributed by atoms with van der Waals surface area (Å²) in [6, 6.07) is 5.91. The Kier molecular flexibility index (Phi) is 4.16. The fourth-order valence-electron chi connectivity index (χ4n) is 3.33. The molecule has 2 N–H and O–H groups in total. The van der Waals surface area contributed by atoms with E-state index < -0.39 is 0 Å². The van der Waals surface area contributed by atoms with Gasteiger partial charge in [0.1, 0.15) is 11.8 Å². The molecule has 26 heavy (non-hydrogen) atoms. The van der Waals surface area contributed by atoms with Gasteiger partial charge in [0.25, 0.3) is 5.91 Å². The first-order chi connectivity index (χ1) is 12.5. The molecule has 7 heteroatoms. The molecule has 4 rings (SSSR count). The molecule has 3 aromatic rings. The van der Waals surface area contributed by atoms with E-state index in [2.05, 4.69) is 21.5 Å². The van der Waals surface area contributed by atoms with Crippen molar-refractivity contribution in [2.24, 2.45) is 7.05 Å². The lowest BCUT2D eigenvalue weighted by Crippen LogP contribution is -2.45. The minimum Gasteiger partial charge on any atom is -0.482 e. The van der Waals surface area contributed by atoms with E-state index in [1.54, 1.807) is 17.1 Å². The van der Waals surface area contributed by atoms with E-state index in [1.807, 2.05) is 33.0 Å². The number of benzene rings is 1. The van der Waals surface area contributed by atoms with E-state index in [-0.39, 0.29) is 18.1 Å². The van der Waals surface area contributed by atoms with E-state index >= 15 is 0 Å². The van der Waals surface area contributed by atoms with E-state index in [0.29, 0.717) is 24.7 Å². The van der Waals surface area contributed by atoms with E-state index in [4.69, 9.17) is 9.47 Å². The van der Waals surface area contributed by atoms with Crippen LogP contribution in [0.1, 0.15) is 21.6 Å². The summed E-state index contributed by atoms with van der Waals surface area (Å²) in [6.07, 6.45) is 3.21. The molecule has 1 aliphatic heterocycles. The Hall–Kier alpha value is -2.80. The van der Waals surface area contributed by atoms with Crippen LogP contribution >= 0.6 is 0 Å². The maximum Gasteiger partial charge on any atom is 0.268 e. The Morgan fingerprint density at radius 3 is 3.00 bits per heavy atom. The number of aromatic amines is 1. The molecule has 3 heterocycles. The molecule has 136 valence electrons. The molecule has 0 unspecified atom stereocenters. The molecule has 1 fully saturated rings. The lowest BCUT2D eigenvalue weighted by Gasteiger charge is -2.19. The van der Waals surface area contributed by atoms with Crippen molar-refractivity contribution in [3.05, 3.63) is 47.4 Å². The number of hydrogen-bond acceptors (Lipinski definition) is 4. The van der Waals surface area contributed by atoms with Gasteiger partial charge in [0.2, 0.25) is 0 Å². The summed E-state index contributed by atoms with van der Waals surface area (Å²) in [5.74, 6) is 0.520. The third kappa shape index (κ3) is 3.06. The number of carbonyl (C=O) groups is 1. The normalized spacial score (nSPS) is 19.8. The molecule has 0 bridgehead atoms. The highest BCUT2D eigenvalue weighted by atomic mass is 16.5. The summed E-state index contributed by atoms with van der Waals surface area (Å²) in [6.45, 7) is 4.86. The van der Waals surface area contributed by atoms with Crippen molar-refractivity contribution in [1.29, 1.82) is 0 Å². The van der Waals surface area contributed by atoms with E-state index in [1.165, 1.54) is 5.56 Å². The maximum absolute atomic E-state index is 12.8. The van der Waals surface area contributed by atoms with Crippen LogP contribution in [0.2, 0.25) is 0 Å². The first kappa shape index (κ1) is 16.7. The molecule has 2 aromatic heterocycles. The number of hydrogen-bond donors (Lipinski definition) is 2. The summed E-state index contributed by atoms with van der Waals surface area (Å²) >= 11 is 0. The number of carbonyl (C=O) groups excluding carboxylic acids is 1. The predicted molar refractivity (Wildman–Crippen MR) is 97.5 cm³/mol. The first-order valence-corrected chi connectivity index (χ1v) is 8.64. The van der Waals surface area contributed by atoms with Crippen LogP contribution in [0.5, 0.6) is 5.75 Å². The number of fused-ring (bicyclic) bond motifs is 1. The van der Waals surface area contributed by atoms with Gasteiger partial charge in [-0.25, -0.2) is 0 Å². The number of H-pyrrole nitrogens is 1. The van der Waals surface area contributed by atoms with Gasteiger partial charge in [0.15, 0.2) is 5.75 Å². The smallest absolute Gasteiger partial charge is 0.268 e. The Balaban J connectivity index is 1.51. The average Bonchev–Trinajstić information content (AvgIpc) is 3.29.